The first kappa shape index (κ1) is 33.2. The van der Waals surface area contributed by atoms with E-state index in [2.05, 4.69) is 23.9 Å². The molecular formula is C12H12NOY6-3. The Labute approximate surface area is 273 Å². The van der Waals surface area contributed by atoms with E-state index in [1.807, 2.05) is 19.1 Å². The topological polar surface area (TPSA) is 21.3 Å². The summed E-state index contributed by atoms with van der Waals surface area (Å²) in [6.07, 6.45) is 3.31. The van der Waals surface area contributed by atoms with Gasteiger partial charge in [0.25, 0.3) is 0 Å². The molecule has 2 aliphatic rings. The number of nitrogens with one attached hydrogen (secondary N) is 1. The summed E-state index contributed by atoms with van der Waals surface area (Å²) in [5, 5.41) is 3.44. The van der Waals surface area contributed by atoms with Crippen molar-refractivity contribution >= 4 is 5.69 Å². The molecule has 3 rings (SSSR count). The molecule has 2 nitrogen and oxygen atoms in total. The zero-order valence-electron chi connectivity index (χ0n) is 11.5. The molecular weight excluding hydrogens is 708 g/mol. The molecule has 1 fully saturated rings. The Kier molecular flexibility index (Phi) is 27.8. The second kappa shape index (κ2) is 16.8. The number of rotatable bonds is 0. The smallest absolute Gasteiger partial charge is 0 e. The quantitative estimate of drug-likeness (QED) is 0.416. The minimum atomic E-state index is 0. The number of ether oxygens (including phenoxy) is 1. The maximum absolute atomic E-state index is 5.51. The number of para-hydroxylation sites is 1. The third kappa shape index (κ3) is 8.09. The number of benzene rings is 1. The van der Waals surface area contributed by atoms with Crippen LogP contribution in [0.15, 0.2) is 18.2 Å². The monoisotopic (exact) mass is 720 g/mol. The maximum atomic E-state index is 5.51. The number of fused-ring (bicyclic) bond motifs is 3. The third-order valence-corrected chi connectivity index (χ3v) is 3.01. The van der Waals surface area contributed by atoms with Crippen molar-refractivity contribution in [2.45, 2.75) is 18.9 Å². The Morgan fingerprint density at radius 1 is 1.25 bits per heavy atom. The zero-order valence-corrected chi connectivity index (χ0v) is 28.6. The van der Waals surface area contributed by atoms with Gasteiger partial charge in [0.15, 0.2) is 0 Å². The average molecular weight is 720 g/mol. The van der Waals surface area contributed by atoms with Crippen molar-refractivity contribution in [1.29, 1.82) is 0 Å². The van der Waals surface area contributed by atoms with E-state index in [9.17, 15) is 0 Å². The van der Waals surface area contributed by atoms with Gasteiger partial charge in [0.1, 0.15) is 0 Å². The fourth-order valence-corrected chi connectivity index (χ4v) is 2.27. The molecule has 8 heteroatoms. The van der Waals surface area contributed by atoms with E-state index in [0.717, 1.165) is 18.4 Å². The fourth-order valence-electron chi connectivity index (χ4n) is 2.27. The van der Waals surface area contributed by atoms with E-state index in [1.165, 1.54) is 5.56 Å². The third-order valence-electron chi connectivity index (χ3n) is 3.01. The van der Waals surface area contributed by atoms with Crippen LogP contribution in [0.25, 0.3) is 0 Å². The Hall–Kier alpha value is 5.60. The molecule has 2 aliphatic heterocycles. The molecule has 1 aromatic carbocycles. The van der Waals surface area contributed by atoms with Crippen LogP contribution in [0.4, 0.5) is 5.69 Å². The van der Waals surface area contributed by atoms with E-state index < -0.39 is 0 Å². The number of hydrogen-bond donors (Lipinski definition) is 1. The van der Waals surface area contributed by atoms with Crippen LogP contribution in [0, 0.1) is 18.6 Å². The van der Waals surface area contributed by atoms with Crippen LogP contribution in [0.5, 0.6) is 0 Å². The Morgan fingerprint density at radius 2 is 1.90 bits per heavy atom. The summed E-state index contributed by atoms with van der Waals surface area (Å²) in [6, 6.07) is 9.70. The van der Waals surface area contributed by atoms with Gasteiger partial charge in [-0.3, -0.25) is 0 Å². The molecule has 20 heavy (non-hydrogen) atoms. The van der Waals surface area contributed by atoms with Gasteiger partial charge >= 0.3 is 0 Å². The summed E-state index contributed by atoms with van der Waals surface area (Å²) < 4.78 is 5.51. The first-order valence-electron chi connectivity index (χ1n) is 4.93. The molecule has 0 amide bonds. The summed E-state index contributed by atoms with van der Waals surface area (Å²) in [6.45, 7) is 2.77. The predicted molar refractivity (Wildman–Crippen MR) is 54.6 cm³/mol. The van der Waals surface area contributed by atoms with Gasteiger partial charge in [-0.25, -0.2) is 0 Å². The summed E-state index contributed by atoms with van der Waals surface area (Å²) in [5.41, 5.74) is 2.48. The normalized spacial score (nSPS) is 21.4. The van der Waals surface area contributed by atoms with E-state index in [0.29, 0.717) is 12.0 Å². The Balaban J connectivity index is -0.000000213. The number of anilines is 1. The van der Waals surface area contributed by atoms with Crippen LogP contribution < -0.4 is 5.32 Å². The van der Waals surface area contributed by atoms with Gasteiger partial charge in [0.2, 0.25) is 0 Å². The van der Waals surface area contributed by atoms with Crippen LogP contribution >= 0.6 is 0 Å². The Bertz CT molecular complexity index is 368. The maximum Gasteiger partial charge on any atom is 0 e. The molecule has 2 unspecified atom stereocenters. The van der Waals surface area contributed by atoms with E-state index in [1.54, 1.807) is 0 Å². The zero-order chi connectivity index (χ0) is 9.54. The minimum Gasteiger partial charge on any atom is -0.573 e. The Morgan fingerprint density at radius 3 is 2.55 bits per heavy atom. The summed E-state index contributed by atoms with van der Waals surface area (Å²) in [7, 11) is 0. The summed E-state index contributed by atoms with van der Waals surface area (Å²) >= 11 is 0. The van der Waals surface area contributed by atoms with Crippen LogP contribution in [0.3, 0.4) is 0 Å². The van der Waals surface area contributed by atoms with Gasteiger partial charge in [-0.15, -0.1) is 12.6 Å². The fraction of sp³-hybridized carbons (Fsp3) is 0.333. The average Bonchev–Trinajstić information content (AvgIpc) is 2.59. The molecule has 92 valence electrons. The van der Waals surface area contributed by atoms with Crippen molar-refractivity contribution in [1.82, 2.24) is 0 Å². The van der Waals surface area contributed by atoms with Crippen molar-refractivity contribution < 1.29 is 201 Å². The van der Waals surface area contributed by atoms with Crippen LogP contribution in [0.1, 0.15) is 18.4 Å². The van der Waals surface area contributed by atoms with E-state index in [-0.39, 0.29) is 196 Å². The largest absolute Gasteiger partial charge is 0.573 e. The summed E-state index contributed by atoms with van der Waals surface area (Å²) in [4.78, 5) is 0. The first-order valence-corrected chi connectivity index (χ1v) is 4.93. The van der Waals surface area contributed by atoms with E-state index in [4.69, 9.17) is 4.74 Å². The van der Waals surface area contributed by atoms with Gasteiger partial charge < -0.3 is 16.5 Å². The van der Waals surface area contributed by atoms with E-state index >= 15 is 0 Å². The number of hydrogen-bond acceptors (Lipinski definition) is 2. The molecule has 2 atom stereocenters. The molecule has 2 heterocycles. The van der Waals surface area contributed by atoms with Crippen molar-refractivity contribution in [2.24, 2.45) is 0 Å². The first-order chi connectivity index (χ1) is 6.86. The minimum absolute atomic E-state index is 0. The molecule has 1 N–H and O–H groups in total. The predicted octanol–water partition coefficient (Wildman–Crippen LogP) is 2.14. The molecule has 0 spiro atoms. The summed E-state index contributed by atoms with van der Waals surface area (Å²) in [5.74, 6) is 0.469. The standard InChI is InChI=1S/C12H12NO.6Y/c1-8-12-10(6-7-14-8)9-4-2-3-5-11(9)13-12;;;;;;/h2-4,6,10,12-13H,7H2,1H3;;;;;;/q-3;;;;;;. The second-order valence-electron chi connectivity index (χ2n) is 3.81. The van der Waals surface area contributed by atoms with Crippen LogP contribution in [0.2, 0.25) is 0 Å². The molecule has 1 saturated heterocycles. The molecule has 6 radical (unpaired) electrons. The molecule has 0 saturated carbocycles. The van der Waals surface area contributed by atoms with Crippen molar-refractivity contribution in [3.63, 3.8) is 0 Å². The van der Waals surface area contributed by atoms with Gasteiger partial charge in [0, 0.05) is 196 Å². The van der Waals surface area contributed by atoms with Crippen LogP contribution in [-0.2, 0) is 201 Å². The van der Waals surface area contributed by atoms with Gasteiger partial charge in [-0.2, -0.15) is 48.8 Å². The van der Waals surface area contributed by atoms with Crippen LogP contribution in [-0.4, -0.2) is 12.6 Å². The van der Waals surface area contributed by atoms with Crippen molar-refractivity contribution in [2.75, 3.05) is 11.9 Å². The van der Waals surface area contributed by atoms with Gasteiger partial charge in [-0.1, -0.05) is 5.69 Å². The SMILES string of the molecule is C[C-]1OC[CH-]C2c3ccc[c-]c3NC12.[Y].[Y].[Y].[Y].[Y].[Y]. The van der Waals surface area contributed by atoms with Crippen molar-refractivity contribution in [3.05, 3.63) is 42.4 Å². The van der Waals surface area contributed by atoms with Crippen molar-refractivity contribution in [3.8, 4) is 0 Å². The van der Waals surface area contributed by atoms with Gasteiger partial charge in [0.05, 0.1) is 0 Å². The molecule has 1 aromatic rings. The molecule has 0 aromatic heterocycles. The van der Waals surface area contributed by atoms with Gasteiger partial charge in [-0.05, 0) is 0 Å². The molecule has 0 aliphatic carbocycles. The second-order valence-corrected chi connectivity index (χ2v) is 3.81. The molecule has 0 bridgehead atoms.